The second-order valence-electron chi connectivity index (χ2n) is 3.16. The SMILES string of the molecule is Cc1cn2nc(C)c(N=O)c2cc1Br. The molecule has 0 bridgehead atoms. The Bertz CT molecular complexity index is 518. The molecule has 0 unspecified atom stereocenters. The van der Waals surface area contributed by atoms with Crippen molar-refractivity contribution in [3.63, 3.8) is 0 Å². The lowest BCUT2D eigenvalue weighted by atomic mass is 10.3. The van der Waals surface area contributed by atoms with E-state index >= 15 is 0 Å². The van der Waals surface area contributed by atoms with Gasteiger partial charge in [-0.3, -0.25) is 0 Å². The number of aromatic nitrogens is 2. The Morgan fingerprint density at radius 1 is 1.50 bits per heavy atom. The largest absolute Gasteiger partial charge is 0.238 e. The minimum atomic E-state index is 0.408. The zero-order valence-electron chi connectivity index (χ0n) is 7.78. The molecule has 2 aromatic heterocycles. The number of aryl methyl sites for hydroxylation is 2. The molecule has 14 heavy (non-hydrogen) atoms. The molecule has 2 aromatic rings. The molecular formula is C9H8BrN3O. The average molecular weight is 254 g/mol. The van der Waals surface area contributed by atoms with Gasteiger partial charge in [0.25, 0.3) is 0 Å². The summed E-state index contributed by atoms with van der Waals surface area (Å²) in [5, 5.41) is 7.16. The molecule has 2 heterocycles. The summed E-state index contributed by atoms with van der Waals surface area (Å²) in [5.41, 5.74) is 2.86. The standard InChI is InChI=1S/C9H8BrN3O/c1-5-4-13-8(3-7(5)10)9(12-14)6(2)11-13/h3-4H,1-2H3. The van der Waals surface area contributed by atoms with E-state index in [0.29, 0.717) is 11.4 Å². The van der Waals surface area contributed by atoms with Gasteiger partial charge in [0.2, 0.25) is 0 Å². The lowest BCUT2D eigenvalue weighted by Crippen LogP contribution is -1.88. The minimum Gasteiger partial charge on any atom is -0.238 e. The van der Waals surface area contributed by atoms with E-state index < -0.39 is 0 Å². The first kappa shape index (κ1) is 9.33. The second kappa shape index (κ2) is 3.16. The van der Waals surface area contributed by atoms with Crippen LogP contribution in [0.5, 0.6) is 0 Å². The highest BCUT2D eigenvalue weighted by Crippen LogP contribution is 2.28. The summed E-state index contributed by atoms with van der Waals surface area (Å²) in [6, 6.07) is 1.85. The van der Waals surface area contributed by atoms with E-state index in [1.165, 1.54) is 0 Å². The zero-order valence-corrected chi connectivity index (χ0v) is 9.37. The highest BCUT2D eigenvalue weighted by molar-refractivity contribution is 9.10. The maximum absolute atomic E-state index is 10.6. The van der Waals surface area contributed by atoms with Crippen molar-refractivity contribution in [2.24, 2.45) is 5.18 Å². The Morgan fingerprint density at radius 3 is 2.86 bits per heavy atom. The van der Waals surface area contributed by atoms with Gasteiger partial charge in [-0.1, -0.05) is 15.9 Å². The lowest BCUT2D eigenvalue weighted by molar-refractivity contribution is 0.924. The van der Waals surface area contributed by atoms with Crippen LogP contribution in [0.15, 0.2) is 21.9 Å². The number of halogens is 1. The molecule has 0 N–H and O–H groups in total. The summed E-state index contributed by atoms with van der Waals surface area (Å²) < 4.78 is 2.63. The smallest absolute Gasteiger partial charge is 0.156 e. The number of hydrogen-bond acceptors (Lipinski definition) is 3. The van der Waals surface area contributed by atoms with E-state index in [-0.39, 0.29) is 0 Å². The average Bonchev–Trinajstić information content (AvgIpc) is 2.42. The molecule has 0 aromatic carbocycles. The van der Waals surface area contributed by atoms with Crippen LogP contribution in [0, 0.1) is 18.8 Å². The molecule has 72 valence electrons. The molecule has 4 nitrogen and oxygen atoms in total. The van der Waals surface area contributed by atoms with Gasteiger partial charge in [0.1, 0.15) is 0 Å². The summed E-state index contributed by atoms with van der Waals surface area (Å²) in [4.78, 5) is 10.6. The van der Waals surface area contributed by atoms with Crippen molar-refractivity contribution >= 4 is 27.1 Å². The van der Waals surface area contributed by atoms with Gasteiger partial charge in [-0.25, -0.2) is 4.52 Å². The molecule has 0 amide bonds. The number of fused-ring (bicyclic) bond motifs is 1. The molecule has 0 spiro atoms. The van der Waals surface area contributed by atoms with E-state index in [9.17, 15) is 4.91 Å². The second-order valence-corrected chi connectivity index (χ2v) is 4.01. The molecule has 2 rings (SSSR count). The predicted octanol–water partition coefficient (Wildman–Crippen LogP) is 3.11. The summed E-state index contributed by atoms with van der Waals surface area (Å²) >= 11 is 3.40. The molecular weight excluding hydrogens is 246 g/mol. The van der Waals surface area contributed by atoms with Gasteiger partial charge >= 0.3 is 0 Å². The van der Waals surface area contributed by atoms with Crippen LogP contribution in [0.2, 0.25) is 0 Å². The lowest BCUT2D eigenvalue weighted by Gasteiger charge is -1.98. The highest BCUT2D eigenvalue weighted by atomic mass is 79.9. The Labute approximate surface area is 89.0 Å². The summed E-state index contributed by atoms with van der Waals surface area (Å²) in [6.07, 6.45) is 1.86. The van der Waals surface area contributed by atoms with Crippen LogP contribution in [0.1, 0.15) is 11.3 Å². The summed E-state index contributed by atoms with van der Waals surface area (Å²) in [7, 11) is 0. The fourth-order valence-corrected chi connectivity index (χ4v) is 1.70. The van der Waals surface area contributed by atoms with E-state index in [4.69, 9.17) is 0 Å². The van der Waals surface area contributed by atoms with Gasteiger partial charge in [0, 0.05) is 10.7 Å². The van der Waals surface area contributed by atoms with Crippen LogP contribution < -0.4 is 0 Å². The van der Waals surface area contributed by atoms with E-state index in [1.54, 1.807) is 11.4 Å². The van der Waals surface area contributed by atoms with Crippen LogP contribution >= 0.6 is 15.9 Å². The van der Waals surface area contributed by atoms with Crippen molar-refractivity contribution in [1.29, 1.82) is 0 Å². The molecule has 0 radical (unpaired) electrons. The molecule has 0 aliphatic heterocycles. The topological polar surface area (TPSA) is 46.7 Å². The third-order valence-corrected chi connectivity index (χ3v) is 2.99. The Morgan fingerprint density at radius 2 is 2.21 bits per heavy atom. The first-order chi connectivity index (χ1) is 6.63. The quantitative estimate of drug-likeness (QED) is 0.734. The van der Waals surface area contributed by atoms with Gasteiger partial charge in [-0.05, 0) is 30.7 Å². The van der Waals surface area contributed by atoms with Crippen LogP contribution in [-0.2, 0) is 0 Å². The van der Waals surface area contributed by atoms with Crippen molar-refractivity contribution in [3.05, 3.63) is 32.9 Å². The van der Waals surface area contributed by atoms with Crippen molar-refractivity contribution in [3.8, 4) is 0 Å². The first-order valence-electron chi connectivity index (χ1n) is 4.12. The van der Waals surface area contributed by atoms with Crippen LogP contribution in [0.4, 0.5) is 5.69 Å². The molecule has 0 saturated carbocycles. The van der Waals surface area contributed by atoms with Gasteiger partial charge in [0.15, 0.2) is 5.69 Å². The van der Waals surface area contributed by atoms with E-state index in [0.717, 1.165) is 15.6 Å². The Balaban J connectivity index is 2.89. The van der Waals surface area contributed by atoms with Crippen LogP contribution in [0.3, 0.4) is 0 Å². The van der Waals surface area contributed by atoms with Crippen molar-refractivity contribution < 1.29 is 0 Å². The number of rotatable bonds is 1. The number of nitroso groups, excluding NO2 is 1. The first-order valence-corrected chi connectivity index (χ1v) is 4.91. The van der Waals surface area contributed by atoms with Gasteiger partial charge in [0.05, 0.1) is 11.2 Å². The van der Waals surface area contributed by atoms with Gasteiger partial charge in [-0.2, -0.15) is 5.10 Å². The van der Waals surface area contributed by atoms with Crippen molar-refractivity contribution in [2.45, 2.75) is 13.8 Å². The number of pyridine rings is 1. The maximum atomic E-state index is 10.6. The van der Waals surface area contributed by atoms with E-state index in [2.05, 4.69) is 26.2 Å². The minimum absolute atomic E-state index is 0.408. The molecule has 0 atom stereocenters. The van der Waals surface area contributed by atoms with Crippen LogP contribution in [0.25, 0.3) is 5.52 Å². The zero-order chi connectivity index (χ0) is 10.3. The normalized spacial score (nSPS) is 10.8. The fourth-order valence-electron chi connectivity index (χ4n) is 1.38. The molecule has 5 heteroatoms. The summed E-state index contributed by atoms with van der Waals surface area (Å²) in [6.45, 7) is 3.74. The van der Waals surface area contributed by atoms with Crippen molar-refractivity contribution in [2.75, 3.05) is 0 Å². The number of hydrogen-bond donors (Lipinski definition) is 0. The van der Waals surface area contributed by atoms with Crippen molar-refractivity contribution in [1.82, 2.24) is 9.61 Å². The molecule has 0 saturated heterocycles. The number of nitrogens with zero attached hydrogens (tertiary/aromatic N) is 3. The van der Waals surface area contributed by atoms with Gasteiger partial charge < -0.3 is 0 Å². The van der Waals surface area contributed by atoms with Crippen LogP contribution in [-0.4, -0.2) is 9.61 Å². The monoisotopic (exact) mass is 253 g/mol. The van der Waals surface area contributed by atoms with Gasteiger partial charge in [-0.15, -0.1) is 4.91 Å². The molecule has 0 aliphatic carbocycles. The van der Waals surface area contributed by atoms with E-state index in [1.807, 2.05) is 19.2 Å². The Hall–Kier alpha value is -1.23. The predicted molar refractivity (Wildman–Crippen MR) is 57.8 cm³/mol. The Kier molecular flexibility index (Phi) is 2.11. The highest BCUT2D eigenvalue weighted by Gasteiger charge is 2.10. The summed E-state index contributed by atoms with van der Waals surface area (Å²) in [5.74, 6) is 0. The fraction of sp³-hybridized carbons (Fsp3) is 0.222. The maximum Gasteiger partial charge on any atom is 0.156 e. The molecule has 0 aliphatic rings. The third-order valence-electron chi connectivity index (χ3n) is 2.14. The molecule has 0 fully saturated rings. The third kappa shape index (κ3) is 1.24.